The lowest BCUT2D eigenvalue weighted by Gasteiger charge is -2.20. The van der Waals surface area contributed by atoms with Gasteiger partial charge in [-0.25, -0.2) is 4.98 Å². The number of fused-ring (bicyclic) bond motifs is 1. The van der Waals surface area contributed by atoms with Crippen LogP contribution in [-0.2, 0) is 5.54 Å². The average Bonchev–Trinajstić information content (AvgIpc) is 2.47. The van der Waals surface area contributed by atoms with Gasteiger partial charge in [0.05, 0.1) is 6.33 Å². The molecule has 0 saturated heterocycles. The largest absolute Gasteiger partial charge is 0.380 e. The molecule has 2 aromatic heterocycles. The standard InChI is InChI=1S/C8H12N6/c1-8(2,3)14-4-10-5-6(9)11-13-12-7(5)14/h4H,1-3H3,(H2,9,11,12). The molecule has 0 amide bonds. The van der Waals surface area contributed by atoms with E-state index in [2.05, 4.69) is 41.2 Å². The number of hydrogen-bond acceptors (Lipinski definition) is 5. The lowest BCUT2D eigenvalue weighted by molar-refractivity contribution is 0.405. The molecule has 2 aromatic rings. The fourth-order valence-electron chi connectivity index (χ4n) is 1.27. The second kappa shape index (κ2) is 2.63. The lowest BCUT2D eigenvalue weighted by atomic mass is 10.1. The summed E-state index contributed by atoms with van der Waals surface area (Å²) in [4.78, 5) is 4.16. The Morgan fingerprint density at radius 3 is 2.64 bits per heavy atom. The highest BCUT2D eigenvalue weighted by Gasteiger charge is 2.18. The van der Waals surface area contributed by atoms with Gasteiger partial charge in [-0.15, -0.1) is 10.2 Å². The molecule has 0 atom stereocenters. The summed E-state index contributed by atoms with van der Waals surface area (Å²) in [5.74, 6) is 0.318. The summed E-state index contributed by atoms with van der Waals surface area (Å²) >= 11 is 0. The molecular formula is C8H12N6. The third-order valence-electron chi connectivity index (χ3n) is 2.00. The normalized spacial score (nSPS) is 12.2. The van der Waals surface area contributed by atoms with E-state index in [1.807, 2.05) is 4.57 Å². The Bertz CT molecular complexity index is 466. The number of nitrogens with zero attached hydrogens (tertiary/aromatic N) is 5. The van der Waals surface area contributed by atoms with Crippen LogP contribution in [0, 0.1) is 0 Å². The first-order valence-electron chi connectivity index (χ1n) is 4.32. The number of nitrogens with two attached hydrogens (primary N) is 1. The van der Waals surface area contributed by atoms with Crippen LogP contribution in [0.1, 0.15) is 20.8 Å². The van der Waals surface area contributed by atoms with Gasteiger partial charge in [0.25, 0.3) is 0 Å². The van der Waals surface area contributed by atoms with Crippen molar-refractivity contribution in [1.29, 1.82) is 0 Å². The minimum absolute atomic E-state index is 0.0861. The van der Waals surface area contributed by atoms with Crippen LogP contribution in [0.5, 0.6) is 0 Å². The number of nitrogen functional groups attached to an aromatic ring is 1. The molecule has 0 aliphatic carbocycles. The van der Waals surface area contributed by atoms with Gasteiger partial charge in [0.15, 0.2) is 17.0 Å². The van der Waals surface area contributed by atoms with Crippen LogP contribution in [0.2, 0.25) is 0 Å². The van der Waals surface area contributed by atoms with Gasteiger partial charge in [0, 0.05) is 5.54 Å². The summed E-state index contributed by atoms with van der Waals surface area (Å²) < 4.78 is 1.92. The molecule has 0 saturated carbocycles. The van der Waals surface area contributed by atoms with Crippen LogP contribution in [0.3, 0.4) is 0 Å². The van der Waals surface area contributed by atoms with Crippen molar-refractivity contribution in [1.82, 2.24) is 25.0 Å². The van der Waals surface area contributed by atoms with Gasteiger partial charge in [-0.1, -0.05) is 0 Å². The highest BCUT2D eigenvalue weighted by Crippen LogP contribution is 2.21. The van der Waals surface area contributed by atoms with Crippen LogP contribution in [0.4, 0.5) is 5.82 Å². The first-order chi connectivity index (χ1) is 6.50. The summed E-state index contributed by atoms with van der Waals surface area (Å²) in [7, 11) is 0. The third kappa shape index (κ3) is 1.19. The minimum atomic E-state index is -0.0861. The monoisotopic (exact) mass is 192 g/mol. The zero-order chi connectivity index (χ0) is 10.3. The van der Waals surface area contributed by atoms with Crippen molar-refractivity contribution >= 4 is 17.0 Å². The smallest absolute Gasteiger partial charge is 0.188 e. The summed E-state index contributed by atoms with van der Waals surface area (Å²) in [5, 5.41) is 11.1. The first-order valence-corrected chi connectivity index (χ1v) is 4.32. The molecule has 0 spiro atoms. The van der Waals surface area contributed by atoms with E-state index in [1.165, 1.54) is 0 Å². The Kier molecular flexibility index (Phi) is 1.67. The van der Waals surface area contributed by atoms with Gasteiger partial charge >= 0.3 is 0 Å². The Morgan fingerprint density at radius 2 is 2.00 bits per heavy atom. The molecular weight excluding hydrogens is 180 g/mol. The van der Waals surface area contributed by atoms with Crippen molar-refractivity contribution < 1.29 is 0 Å². The average molecular weight is 192 g/mol. The van der Waals surface area contributed by atoms with Crippen LogP contribution < -0.4 is 5.73 Å². The lowest BCUT2D eigenvalue weighted by Crippen LogP contribution is -2.21. The zero-order valence-electron chi connectivity index (χ0n) is 8.39. The summed E-state index contributed by atoms with van der Waals surface area (Å²) in [6.45, 7) is 6.19. The Morgan fingerprint density at radius 1 is 1.29 bits per heavy atom. The minimum Gasteiger partial charge on any atom is -0.380 e. The van der Waals surface area contributed by atoms with Gasteiger partial charge < -0.3 is 10.3 Å². The molecule has 2 N–H and O–H groups in total. The number of hydrogen-bond donors (Lipinski definition) is 1. The predicted octanol–water partition coefficient (Wildman–Crippen LogP) is 0.558. The molecule has 74 valence electrons. The van der Waals surface area contributed by atoms with Crippen molar-refractivity contribution in [2.45, 2.75) is 26.3 Å². The topological polar surface area (TPSA) is 82.5 Å². The molecule has 6 nitrogen and oxygen atoms in total. The second-order valence-electron chi connectivity index (χ2n) is 4.13. The van der Waals surface area contributed by atoms with E-state index >= 15 is 0 Å². The third-order valence-corrected chi connectivity index (χ3v) is 2.00. The molecule has 6 heteroatoms. The molecule has 0 aliphatic heterocycles. The van der Waals surface area contributed by atoms with Gasteiger partial charge in [0.1, 0.15) is 0 Å². The van der Waals surface area contributed by atoms with Crippen molar-refractivity contribution in [3.05, 3.63) is 6.33 Å². The van der Waals surface area contributed by atoms with E-state index in [9.17, 15) is 0 Å². The molecule has 0 fully saturated rings. The zero-order valence-corrected chi connectivity index (χ0v) is 8.39. The number of aromatic nitrogens is 5. The number of imidazole rings is 1. The van der Waals surface area contributed by atoms with Crippen LogP contribution in [0.25, 0.3) is 11.2 Å². The highest BCUT2D eigenvalue weighted by atomic mass is 15.4. The Hall–Kier alpha value is -1.72. The summed E-state index contributed by atoms with van der Waals surface area (Å²) in [6.07, 6.45) is 1.71. The Labute approximate surface area is 81.1 Å². The molecule has 0 bridgehead atoms. The molecule has 14 heavy (non-hydrogen) atoms. The predicted molar refractivity (Wildman–Crippen MR) is 52.5 cm³/mol. The number of rotatable bonds is 0. The van der Waals surface area contributed by atoms with E-state index in [-0.39, 0.29) is 5.54 Å². The van der Waals surface area contributed by atoms with E-state index in [0.29, 0.717) is 17.0 Å². The molecule has 0 aromatic carbocycles. The summed E-state index contributed by atoms with van der Waals surface area (Å²) in [6, 6.07) is 0. The maximum atomic E-state index is 5.62. The number of anilines is 1. The summed E-state index contributed by atoms with van der Waals surface area (Å²) in [5.41, 5.74) is 6.81. The highest BCUT2D eigenvalue weighted by molar-refractivity contribution is 5.80. The second-order valence-corrected chi connectivity index (χ2v) is 4.13. The van der Waals surface area contributed by atoms with Crippen LogP contribution in [-0.4, -0.2) is 25.0 Å². The van der Waals surface area contributed by atoms with E-state index in [0.717, 1.165) is 0 Å². The molecule has 0 unspecified atom stereocenters. The maximum absolute atomic E-state index is 5.62. The van der Waals surface area contributed by atoms with Crippen molar-refractivity contribution in [3.63, 3.8) is 0 Å². The van der Waals surface area contributed by atoms with Gasteiger partial charge in [-0.05, 0) is 26.0 Å². The molecule has 0 radical (unpaired) electrons. The van der Waals surface area contributed by atoms with Crippen LogP contribution >= 0.6 is 0 Å². The van der Waals surface area contributed by atoms with Crippen molar-refractivity contribution in [3.8, 4) is 0 Å². The molecule has 2 heterocycles. The maximum Gasteiger partial charge on any atom is 0.188 e. The first kappa shape index (κ1) is 8.86. The fourth-order valence-corrected chi connectivity index (χ4v) is 1.27. The fraction of sp³-hybridized carbons (Fsp3) is 0.500. The van der Waals surface area contributed by atoms with E-state index in [1.54, 1.807) is 6.33 Å². The van der Waals surface area contributed by atoms with Crippen molar-refractivity contribution in [2.75, 3.05) is 5.73 Å². The quantitative estimate of drug-likeness (QED) is 0.659. The Balaban J connectivity index is 2.76. The molecule has 2 rings (SSSR count). The van der Waals surface area contributed by atoms with Gasteiger partial charge in [-0.3, -0.25) is 0 Å². The van der Waals surface area contributed by atoms with E-state index in [4.69, 9.17) is 5.73 Å². The van der Waals surface area contributed by atoms with Gasteiger partial charge in [-0.2, -0.15) is 0 Å². The van der Waals surface area contributed by atoms with Gasteiger partial charge in [0.2, 0.25) is 0 Å². The SMILES string of the molecule is CC(C)(C)n1cnc2c(N)nnnc21. The van der Waals surface area contributed by atoms with E-state index < -0.39 is 0 Å². The van der Waals surface area contributed by atoms with Crippen LogP contribution in [0.15, 0.2) is 6.33 Å². The molecule has 0 aliphatic rings. The van der Waals surface area contributed by atoms with Crippen molar-refractivity contribution in [2.24, 2.45) is 0 Å².